The van der Waals surface area contributed by atoms with Crippen molar-refractivity contribution in [3.8, 4) is 0 Å². The number of nitrogens with zero attached hydrogens (tertiary/aromatic N) is 1. The third kappa shape index (κ3) is 3.10. The van der Waals surface area contributed by atoms with E-state index in [2.05, 4.69) is 9.97 Å². The minimum atomic E-state index is -3.43. The minimum absolute atomic E-state index is 0.0653. The molecule has 1 aromatic carbocycles. The molecule has 0 spiro atoms. The molecule has 9 heteroatoms. The summed E-state index contributed by atoms with van der Waals surface area (Å²) in [5, 5.41) is 10.2. The fourth-order valence-electron chi connectivity index (χ4n) is 2.81. The average molecular weight is 363 g/mol. The van der Waals surface area contributed by atoms with Gasteiger partial charge in [0, 0.05) is 36.0 Å². The van der Waals surface area contributed by atoms with Crippen LogP contribution in [0, 0.1) is 0 Å². The van der Waals surface area contributed by atoms with Crippen molar-refractivity contribution in [2.45, 2.75) is 12.8 Å². The smallest absolute Gasteiger partial charge is 0.303 e. The zero-order chi connectivity index (χ0) is 18.4. The molecule has 132 valence electrons. The number of H-pyrrole nitrogens is 2. The van der Waals surface area contributed by atoms with E-state index < -0.39 is 16.0 Å². The fraction of sp³-hybridized carbons (Fsp3) is 0.250. The predicted molar refractivity (Wildman–Crippen MR) is 95.6 cm³/mol. The van der Waals surface area contributed by atoms with Gasteiger partial charge >= 0.3 is 5.97 Å². The maximum Gasteiger partial charge on any atom is 0.303 e. The van der Waals surface area contributed by atoms with Crippen LogP contribution >= 0.6 is 0 Å². The maximum absolute atomic E-state index is 12.2. The summed E-state index contributed by atoms with van der Waals surface area (Å²) >= 11 is 0. The summed E-state index contributed by atoms with van der Waals surface area (Å²) in [7, 11) is -1.98. The Morgan fingerprint density at radius 1 is 1.32 bits per heavy atom. The van der Waals surface area contributed by atoms with E-state index in [1.807, 2.05) is 0 Å². The predicted octanol–water partition coefficient (Wildman–Crippen LogP) is 1.42. The summed E-state index contributed by atoms with van der Waals surface area (Å²) in [5.74, 6) is -0.930. The van der Waals surface area contributed by atoms with Crippen molar-refractivity contribution in [3.63, 3.8) is 0 Å². The van der Waals surface area contributed by atoms with Crippen molar-refractivity contribution in [3.05, 3.63) is 40.3 Å². The first-order chi connectivity index (χ1) is 11.7. The van der Waals surface area contributed by atoms with Crippen LogP contribution in [0.4, 0.5) is 5.69 Å². The monoisotopic (exact) mass is 363 g/mol. The third-order valence-corrected chi connectivity index (χ3v) is 5.38. The Bertz CT molecular complexity index is 1140. The SMILES string of the molecule is CN(c1ccc2[nH]c(=O)c3[nH]cc(CCC(=O)O)c3c2c1)S(C)(=O)=O. The van der Waals surface area contributed by atoms with Gasteiger partial charge in [-0.05, 0) is 30.2 Å². The van der Waals surface area contributed by atoms with Gasteiger partial charge in [-0.2, -0.15) is 0 Å². The highest BCUT2D eigenvalue weighted by atomic mass is 32.2. The number of hydrogen-bond donors (Lipinski definition) is 3. The van der Waals surface area contributed by atoms with Crippen molar-refractivity contribution in [2.24, 2.45) is 0 Å². The topological polar surface area (TPSA) is 123 Å². The van der Waals surface area contributed by atoms with E-state index in [1.54, 1.807) is 24.4 Å². The summed E-state index contributed by atoms with van der Waals surface area (Å²) in [6.45, 7) is 0. The molecular weight excluding hydrogens is 346 g/mol. The fourth-order valence-corrected chi connectivity index (χ4v) is 3.31. The number of aromatic nitrogens is 2. The molecule has 0 saturated heterocycles. The van der Waals surface area contributed by atoms with Gasteiger partial charge in [0.2, 0.25) is 10.0 Å². The number of carboxylic acid groups (broad SMARTS) is 1. The first-order valence-electron chi connectivity index (χ1n) is 7.50. The van der Waals surface area contributed by atoms with Crippen LogP contribution in [0.25, 0.3) is 21.8 Å². The van der Waals surface area contributed by atoms with Gasteiger partial charge in [-0.3, -0.25) is 13.9 Å². The first-order valence-corrected chi connectivity index (χ1v) is 9.35. The Morgan fingerprint density at radius 2 is 2.04 bits per heavy atom. The molecule has 0 aliphatic heterocycles. The number of aryl methyl sites for hydroxylation is 1. The molecule has 25 heavy (non-hydrogen) atoms. The molecule has 3 rings (SSSR count). The molecule has 0 unspecified atom stereocenters. The second-order valence-corrected chi connectivity index (χ2v) is 7.89. The van der Waals surface area contributed by atoms with Gasteiger partial charge in [0.25, 0.3) is 5.56 Å². The normalized spacial score (nSPS) is 11.9. The lowest BCUT2D eigenvalue weighted by Gasteiger charge is -2.17. The van der Waals surface area contributed by atoms with Crippen molar-refractivity contribution >= 4 is 43.5 Å². The number of nitrogens with one attached hydrogen (secondary N) is 2. The van der Waals surface area contributed by atoms with E-state index in [4.69, 9.17) is 5.11 Å². The van der Waals surface area contributed by atoms with Crippen LogP contribution in [0.2, 0.25) is 0 Å². The highest BCUT2D eigenvalue weighted by Crippen LogP contribution is 2.29. The molecule has 0 bridgehead atoms. The quantitative estimate of drug-likeness (QED) is 0.632. The molecule has 2 aromatic heterocycles. The van der Waals surface area contributed by atoms with E-state index in [-0.39, 0.29) is 18.4 Å². The van der Waals surface area contributed by atoms with Crippen LogP contribution in [0.5, 0.6) is 0 Å². The van der Waals surface area contributed by atoms with Crippen molar-refractivity contribution in [1.29, 1.82) is 0 Å². The minimum Gasteiger partial charge on any atom is -0.481 e. The maximum atomic E-state index is 12.2. The highest BCUT2D eigenvalue weighted by Gasteiger charge is 2.16. The van der Waals surface area contributed by atoms with Gasteiger partial charge in [0.15, 0.2) is 0 Å². The summed E-state index contributed by atoms with van der Waals surface area (Å²) in [5.41, 5.74) is 1.74. The Balaban J connectivity index is 2.28. The number of rotatable bonds is 5. The highest BCUT2D eigenvalue weighted by molar-refractivity contribution is 7.92. The van der Waals surface area contributed by atoms with E-state index in [0.29, 0.717) is 33.1 Å². The average Bonchev–Trinajstić information content (AvgIpc) is 2.96. The Hall–Kier alpha value is -2.81. The third-order valence-electron chi connectivity index (χ3n) is 4.18. The molecule has 2 heterocycles. The second-order valence-electron chi connectivity index (χ2n) is 5.87. The number of fused-ring (bicyclic) bond motifs is 3. The van der Waals surface area contributed by atoms with Gasteiger partial charge < -0.3 is 15.1 Å². The molecular formula is C16H17N3O5S. The molecule has 0 fully saturated rings. The second kappa shape index (κ2) is 5.92. The lowest BCUT2D eigenvalue weighted by atomic mass is 10.0. The van der Waals surface area contributed by atoms with Crippen molar-refractivity contribution in [1.82, 2.24) is 9.97 Å². The zero-order valence-electron chi connectivity index (χ0n) is 13.7. The van der Waals surface area contributed by atoms with Gasteiger partial charge in [-0.25, -0.2) is 8.42 Å². The van der Waals surface area contributed by atoms with Crippen molar-refractivity contribution in [2.75, 3.05) is 17.6 Å². The van der Waals surface area contributed by atoms with E-state index >= 15 is 0 Å². The summed E-state index contributed by atoms with van der Waals surface area (Å²) < 4.78 is 24.7. The number of carboxylic acids is 1. The number of hydrogen-bond acceptors (Lipinski definition) is 4. The van der Waals surface area contributed by atoms with Crippen molar-refractivity contribution < 1.29 is 18.3 Å². The van der Waals surface area contributed by atoms with Crippen LogP contribution < -0.4 is 9.86 Å². The van der Waals surface area contributed by atoms with Gasteiger partial charge in [0.05, 0.1) is 11.9 Å². The largest absolute Gasteiger partial charge is 0.481 e. The molecule has 0 aliphatic rings. The Morgan fingerprint density at radius 3 is 2.68 bits per heavy atom. The molecule has 3 N–H and O–H groups in total. The zero-order valence-corrected chi connectivity index (χ0v) is 14.5. The van der Waals surface area contributed by atoms with Crippen LogP contribution in [-0.4, -0.2) is 42.8 Å². The number of aromatic amines is 2. The molecule has 0 radical (unpaired) electrons. The van der Waals surface area contributed by atoms with Gasteiger partial charge in [0.1, 0.15) is 5.52 Å². The van der Waals surface area contributed by atoms with Crippen LogP contribution in [0.15, 0.2) is 29.2 Å². The molecule has 0 amide bonds. The molecule has 3 aromatic rings. The Labute approximate surface area is 143 Å². The van der Waals surface area contributed by atoms with Gasteiger partial charge in [-0.15, -0.1) is 0 Å². The Kier molecular flexibility index (Phi) is 4.03. The first kappa shape index (κ1) is 17.0. The number of carbonyl (C=O) groups is 1. The van der Waals surface area contributed by atoms with E-state index in [0.717, 1.165) is 10.6 Å². The van der Waals surface area contributed by atoms with Gasteiger partial charge in [-0.1, -0.05) is 0 Å². The molecule has 8 nitrogen and oxygen atoms in total. The standard InChI is InChI=1S/C16H17N3O5S/c1-19(25(2,23)24)10-4-5-12-11(7-10)14-9(3-6-13(20)21)8-17-15(14)16(22)18-12/h4-5,7-8,17H,3,6H2,1-2H3,(H,18,22)(H,20,21). The molecule has 0 saturated carbocycles. The van der Waals surface area contributed by atoms with E-state index in [9.17, 15) is 18.0 Å². The van der Waals surface area contributed by atoms with Crippen LogP contribution in [-0.2, 0) is 21.2 Å². The van der Waals surface area contributed by atoms with Crippen LogP contribution in [0.3, 0.4) is 0 Å². The lowest BCUT2D eigenvalue weighted by Crippen LogP contribution is -2.24. The number of benzene rings is 1. The lowest BCUT2D eigenvalue weighted by molar-refractivity contribution is -0.136. The molecule has 0 aliphatic carbocycles. The summed E-state index contributed by atoms with van der Waals surface area (Å²) in [6.07, 6.45) is 2.92. The number of pyridine rings is 1. The van der Waals surface area contributed by atoms with E-state index in [1.165, 1.54) is 7.05 Å². The summed E-state index contributed by atoms with van der Waals surface area (Å²) in [4.78, 5) is 28.7. The molecule has 0 atom stereocenters. The number of anilines is 1. The van der Waals surface area contributed by atoms with Crippen LogP contribution in [0.1, 0.15) is 12.0 Å². The summed E-state index contributed by atoms with van der Waals surface area (Å²) in [6, 6.07) is 4.92. The number of sulfonamides is 1. The number of aliphatic carboxylic acids is 1.